The van der Waals surface area contributed by atoms with Crippen molar-refractivity contribution in [3.05, 3.63) is 72.9 Å². The van der Waals surface area contributed by atoms with Crippen molar-refractivity contribution < 1.29 is 64.6 Å². The van der Waals surface area contributed by atoms with Crippen LogP contribution in [0, 0.1) is 0 Å². The first-order chi connectivity index (χ1) is 30.6. The zero-order valence-electron chi connectivity index (χ0n) is 38.0. The van der Waals surface area contributed by atoms with Gasteiger partial charge in [-0.1, -0.05) is 138 Å². The second-order valence-electron chi connectivity index (χ2n) is 16.5. The van der Waals surface area contributed by atoms with Crippen LogP contribution < -0.4 is 5.32 Å². The Balaban J connectivity index is 1.75. The molecule has 12 unspecified atom stereocenters. The van der Waals surface area contributed by atoms with Crippen LogP contribution in [0.2, 0.25) is 0 Å². The van der Waals surface area contributed by atoms with Crippen molar-refractivity contribution in [2.75, 3.05) is 19.8 Å². The fraction of sp³-hybridized carbons (Fsp3) is 0.735. The molecule has 2 heterocycles. The molecule has 2 aliphatic rings. The fourth-order valence-corrected chi connectivity index (χ4v) is 7.26. The van der Waals surface area contributed by atoms with Crippen LogP contribution in [0.25, 0.3) is 0 Å². The normalized spacial score (nSPS) is 28.2. The van der Waals surface area contributed by atoms with Gasteiger partial charge >= 0.3 is 0 Å². The van der Waals surface area contributed by atoms with E-state index >= 15 is 0 Å². The summed E-state index contributed by atoms with van der Waals surface area (Å²) in [6.45, 7) is 2.54. The Morgan fingerprint density at radius 1 is 0.587 bits per heavy atom. The molecular formula is C49H83NO13. The number of aliphatic hydroxyl groups is 8. The van der Waals surface area contributed by atoms with Gasteiger partial charge in [0, 0.05) is 6.42 Å². The van der Waals surface area contributed by atoms with Gasteiger partial charge in [-0.05, 0) is 64.2 Å². The molecule has 0 aromatic rings. The summed E-state index contributed by atoms with van der Waals surface area (Å²) in [5, 5.41) is 86.2. The number of carbonyl (C=O) groups excluding carboxylic acids is 1. The predicted octanol–water partition coefficient (Wildman–Crippen LogP) is 5.26. The average Bonchev–Trinajstić information content (AvgIpc) is 3.28. The zero-order valence-corrected chi connectivity index (χ0v) is 38.0. The quantitative estimate of drug-likeness (QED) is 0.0297. The van der Waals surface area contributed by atoms with Crippen molar-refractivity contribution in [3.63, 3.8) is 0 Å². The van der Waals surface area contributed by atoms with Crippen LogP contribution >= 0.6 is 0 Å². The molecule has 0 aliphatic carbocycles. The lowest BCUT2D eigenvalue weighted by molar-refractivity contribution is -0.359. The topological polar surface area (TPSA) is 228 Å². The molecule has 0 saturated carbocycles. The number of aliphatic hydroxyl groups excluding tert-OH is 8. The van der Waals surface area contributed by atoms with Gasteiger partial charge in [-0.15, -0.1) is 0 Å². The van der Waals surface area contributed by atoms with Crippen LogP contribution in [0.4, 0.5) is 0 Å². The first-order valence-electron chi connectivity index (χ1n) is 23.7. The Kier molecular flexibility index (Phi) is 32.0. The maximum absolute atomic E-state index is 13.1. The first-order valence-corrected chi connectivity index (χ1v) is 23.7. The first kappa shape index (κ1) is 56.6. The lowest BCUT2D eigenvalue weighted by Gasteiger charge is -2.46. The van der Waals surface area contributed by atoms with E-state index in [0.29, 0.717) is 6.42 Å². The highest BCUT2D eigenvalue weighted by Gasteiger charge is 2.50. The van der Waals surface area contributed by atoms with Crippen molar-refractivity contribution in [2.45, 2.75) is 209 Å². The predicted molar refractivity (Wildman–Crippen MR) is 244 cm³/mol. The highest BCUT2D eigenvalue weighted by atomic mass is 16.7. The number of unbranched alkanes of at least 4 members (excludes halogenated alkanes) is 11. The smallest absolute Gasteiger partial charge is 0.220 e. The van der Waals surface area contributed by atoms with Crippen molar-refractivity contribution in [1.29, 1.82) is 0 Å². The summed E-state index contributed by atoms with van der Waals surface area (Å²) in [6, 6.07) is -0.920. The van der Waals surface area contributed by atoms with Gasteiger partial charge in [-0.2, -0.15) is 0 Å². The van der Waals surface area contributed by atoms with Gasteiger partial charge in [0.25, 0.3) is 0 Å². The van der Waals surface area contributed by atoms with E-state index in [1.165, 1.54) is 6.42 Å². The largest absolute Gasteiger partial charge is 0.394 e. The molecule has 63 heavy (non-hydrogen) atoms. The molecular weight excluding hydrogens is 811 g/mol. The number of nitrogens with one attached hydrogen (secondary N) is 1. The maximum Gasteiger partial charge on any atom is 0.220 e. The summed E-state index contributed by atoms with van der Waals surface area (Å²) in [7, 11) is 0. The number of hydrogen-bond donors (Lipinski definition) is 9. The molecule has 0 aromatic carbocycles. The Hall–Kier alpha value is -2.57. The summed E-state index contributed by atoms with van der Waals surface area (Å²) >= 11 is 0. The molecule has 9 N–H and O–H groups in total. The van der Waals surface area contributed by atoms with E-state index in [2.05, 4.69) is 79.9 Å². The molecule has 0 radical (unpaired) electrons. The number of hydrogen-bond acceptors (Lipinski definition) is 13. The minimum atomic E-state index is -1.79. The zero-order chi connectivity index (χ0) is 46.1. The van der Waals surface area contributed by atoms with Crippen LogP contribution in [-0.4, -0.2) is 140 Å². The highest BCUT2D eigenvalue weighted by Crippen LogP contribution is 2.30. The molecule has 2 saturated heterocycles. The minimum absolute atomic E-state index is 0.262. The van der Waals surface area contributed by atoms with E-state index in [1.54, 1.807) is 6.08 Å². The molecule has 2 fully saturated rings. The molecule has 12 atom stereocenters. The molecule has 1 amide bonds. The molecule has 0 aromatic heterocycles. The third kappa shape index (κ3) is 23.4. The molecule has 2 aliphatic heterocycles. The maximum atomic E-state index is 13.1. The monoisotopic (exact) mass is 894 g/mol. The number of rotatable bonds is 34. The van der Waals surface area contributed by atoms with Gasteiger partial charge in [-0.3, -0.25) is 4.79 Å². The van der Waals surface area contributed by atoms with Crippen molar-refractivity contribution in [1.82, 2.24) is 5.32 Å². The van der Waals surface area contributed by atoms with Crippen molar-refractivity contribution in [3.8, 4) is 0 Å². The number of allylic oxidation sites excluding steroid dienone is 11. The van der Waals surface area contributed by atoms with E-state index in [4.69, 9.17) is 18.9 Å². The van der Waals surface area contributed by atoms with Gasteiger partial charge in [0.2, 0.25) is 5.91 Å². The fourth-order valence-electron chi connectivity index (χ4n) is 7.26. The van der Waals surface area contributed by atoms with Crippen LogP contribution in [0.1, 0.15) is 136 Å². The molecule has 14 heteroatoms. The molecule has 2 rings (SSSR count). The Bertz CT molecular complexity index is 1330. The molecule has 0 bridgehead atoms. The van der Waals surface area contributed by atoms with E-state index in [1.807, 2.05) is 6.08 Å². The SMILES string of the molecule is CC/C=C\C/C=C\C/C=C\C/C=C\C/C=C\CCCCCCCCCC(=O)NC(COC1OC(CO)C(OC2OC(CO)C(O)C(O)C2O)C(O)C1O)C(O)/C=C/CCCCCC. The molecule has 362 valence electrons. The molecule has 14 nitrogen and oxygen atoms in total. The van der Waals surface area contributed by atoms with Crippen molar-refractivity contribution in [2.24, 2.45) is 0 Å². The summed E-state index contributed by atoms with van der Waals surface area (Å²) in [6.07, 6.45) is 27.0. The van der Waals surface area contributed by atoms with Gasteiger partial charge < -0.3 is 65.1 Å². The summed E-state index contributed by atoms with van der Waals surface area (Å²) < 4.78 is 22.5. The summed E-state index contributed by atoms with van der Waals surface area (Å²) in [5.41, 5.74) is 0. The second-order valence-corrected chi connectivity index (χ2v) is 16.5. The standard InChI is InChI=1S/C49H83NO13/c1-3-5-7-9-11-12-13-14-15-16-17-18-19-20-21-22-23-24-25-26-27-29-31-33-41(54)50-37(38(53)32-30-28-10-8-6-4-2)36-60-48-46(59)44(57)47(40(35-52)62-48)63-49-45(58)43(56)42(55)39(34-51)61-49/h5,7,11-12,14-15,17-18,20-21,30,32,37-40,42-49,51-53,55-59H,3-4,6,8-10,13,16,19,22-29,31,33-36H2,1-2H3,(H,50,54)/b7-5-,12-11-,15-14-,18-17-,21-20-,32-30+. The van der Waals surface area contributed by atoms with Gasteiger partial charge in [0.05, 0.1) is 32.0 Å². The minimum Gasteiger partial charge on any atom is -0.394 e. The Morgan fingerprint density at radius 2 is 1.10 bits per heavy atom. The number of ether oxygens (including phenoxy) is 4. The lowest BCUT2D eigenvalue weighted by Crippen LogP contribution is -2.65. The second kappa shape index (κ2) is 35.7. The van der Waals surface area contributed by atoms with Gasteiger partial charge in [-0.25, -0.2) is 0 Å². The average molecular weight is 894 g/mol. The van der Waals surface area contributed by atoms with Crippen molar-refractivity contribution >= 4 is 5.91 Å². The third-order valence-corrected chi connectivity index (χ3v) is 11.1. The van der Waals surface area contributed by atoms with Crippen LogP contribution in [0.5, 0.6) is 0 Å². The van der Waals surface area contributed by atoms with Gasteiger partial charge in [0.15, 0.2) is 12.6 Å². The summed E-state index contributed by atoms with van der Waals surface area (Å²) in [5.74, 6) is -0.262. The van der Waals surface area contributed by atoms with Crippen LogP contribution in [-0.2, 0) is 23.7 Å². The Morgan fingerprint density at radius 3 is 1.68 bits per heavy atom. The number of amides is 1. The van der Waals surface area contributed by atoms with Gasteiger partial charge in [0.1, 0.15) is 48.8 Å². The van der Waals surface area contributed by atoms with E-state index in [9.17, 15) is 45.6 Å². The van der Waals surface area contributed by atoms with Crippen LogP contribution in [0.15, 0.2) is 72.9 Å². The van der Waals surface area contributed by atoms with Crippen LogP contribution in [0.3, 0.4) is 0 Å². The highest BCUT2D eigenvalue weighted by molar-refractivity contribution is 5.76. The van der Waals surface area contributed by atoms with E-state index in [-0.39, 0.29) is 18.9 Å². The van der Waals surface area contributed by atoms with E-state index < -0.39 is 86.8 Å². The van der Waals surface area contributed by atoms with E-state index in [0.717, 1.165) is 103 Å². The Labute approximate surface area is 377 Å². The lowest BCUT2D eigenvalue weighted by atomic mass is 9.97. The number of carbonyl (C=O) groups is 1. The molecule has 0 spiro atoms. The third-order valence-electron chi connectivity index (χ3n) is 11.1. The summed E-state index contributed by atoms with van der Waals surface area (Å²) in [4.78, 5) is 13.1.